The number of sulfone groups is 1. The molecule has 3 heteroatoms. The summed E-state index contributed by atoms with van der Waals surface area (Å²) in [5.74, 6) is 0.208. The summed E-state index contributed by atoms with van der Waals surface area (Å²) in [7, 11) is -3.03. The number of rotatable bonds is 5. The molecule has 0 radical (unpaired) electrons. The van der Waals surface area contributed by atoms with Crippen molar-refractivity contribution >= 4 is 9.84 Å². The maximum absolute atomic E-state index is 12.0. The third-order valence-electron chi connectivity index (χ3n) is 2.39. The van der Waals surface area contributed by atoms with Gasteiger partial charge in [0.1, 0.15) is 0 Å². The highest BCUT2D eigenvalue weighted by Crippen LogP contribution is 2.33. The zero-order valence-electron chi connectivity index (χ0n) is 10.6. The molecule has 0 aliphatic rings. The molecule has 0 aromatic carbocycles. The Bertz CT molecular complexity index is 305. The SMILES string of the molecule is C=CCCS(=O)(=O)C(C)(C)CC(C)(C)C. The Hall–Kier alpha value is -0.310. The van der Waals surface area contributed by atoms with Gasteiger partial charge in [0.2, 0.25) is 0 Å². The number of hydrogen-bond acceptors (Lipinski definition) is 2. The minimum atomic E-state index is -3.03. The molecule has 0 N–H and O–H groups in total. The van der Waals surface area contributed by atoms with E-state index >= 15 is 0 Å². The predicted octanol–water partition coefficient (Wildman–Crippen LogP) is 3.19. The first-order valence-corrected chi connectivity index (χ1v) is 7.00. The first-order chi connectivity index (χ1) is 6.52. The van der Waals surface area contributed by atoms with Gasteiger partial charge in [0.25, 0.3) is 0 Å². The van der Waals surface area contributed by atoms with Gasteiger partial charge in [-0.2, -0.15) is 0 Å². The summed E-state index contributed by atoms with van der Waals surface area (Å²) in [5.41, 5.74) is 0.0325. The van der Waals surface area contributed by atoms with E-state index < -0.39 is 14.6 Å². The maximum atomic E-state index is 12.0. The molecule has 0 atom stereocenters. The molecule has 0 spiro atoms. The minimum absolute atomic E-state index is 0.0325. The van der Waals surface area contributed by atoms with E-state index in [1.807, 2.05) is 13.8 Å². The van der Waals surface area contributed by atoms with Gasteiger partial charge in [0, 0.05) is 0 Å². The lowest BCUT2D eigenvalue weighted by Crippen LogP contribution is -2.37. The van der Waals surface area contributed by atoms with Gasteiger partial charge in [-0.1, -0.05) is 26.8 Å². The van der Waals surface area contributed by atoms with Crippen LogP contribution in [0.2, 0.25) is 0 Å². The molecule has 2 nitrogen and oxygen atoms in total. The van der Waals surface area contributed by atoms with Crippen molar-refractivity contribution < 1.29 is 8.42 Å². The molecule has 0 amide bonds. The topological polar surface area (TPSA) is 34.1 Å². The van der Waals surface area contributed by atoms with E-state index in [-0.39, 0.29) is 11.2 Å². The standard InChI is InChI=1S/C12H24O2S/c1-7-8-9-15(13,14)12(5,6)10-11(2,3)4/h7H,1,8-10H2,2-6H3. The van der Waals surface area contributed by atoms with E-state index in [1.165, 1.54) is 0 Å². The van der Waals surface area contributed by atoms with Crippen molar-refractivity contribution in [2.24, 2.45) is 5.41 Å². The van der Waals surface area contributed by atoms with E-state index in [9.17, 15) is 8.42 Å². The van der Waals surface area contributed by atoms with E-state index in [1.54, 1.807) is 6.08 Å². The average molecular weight is 232 g/mol. The largest absolute Gasteiger partial charge is 0.228 e. The van der Waals surface area contributed by atoms with Crippen molar-refractivity contribution in [3.63, 3.8) is 0 Å². The van der Waals surface area contributed by atoms with Crippen LogP contribution in [0.5, 0.6) is 0 Å². The third kappa shape index (κ3) is 4.83. The minimum Gasteiger partial charge on any atom is -0.228 e. The monoisotopic (exact) mass is 232 g/mol. The van der Waals surface area contributed by atoms with Gasteiger partial charge in [0.15, 0.2) is 9.84 Å². The average Bonchev–Trinajstić information content (AvgIpc) is 1.96. The van der Waals surface area contributed by atoms with Crippen LogP contribution >= 0.6 is 0 Å². The van der Waals surface area contributed by atoms with Crippen LogP contribution in [0.15, 0.2) is 12.7 Å². The highest BCUT2D eigenvalue weighted by Gasteiger charge is 2.36. The molecular weight excluding hydrogens is 208 g/mol. The van der Waals surface area contributed by atoms with Crippen molar-refractivity contribution in [2.45, 2.75) is 52.2 Å². The fourth-order valence-electron chi connectivity index (χ4n) is 1.90. The Kier molecular flexibility index (Phi) is 4.59. The summed E-state index contributed by atoms with van der Waals surface area (Å²) < 4.78 is 23.4. The summed E-state index contributed by atoms with van der Waals surface area (Å²) >= 11 is 0. The van der Waals surface area contributed by atoms with Crippen molar-refractivity contribution in [2.75, 3.05) is 5.75 Å². The molecule has 0 aromatic heterocycles. The van der Waals surface area contributed by atoms with Crippen LogP contribution in [0, 0.1) is 5.41 Å². The maximum Gasteiger partial charge on any atom is 0.155 e. The van der Waals surface area contributed by atoms with E-state index in [0.717, 1.165) is 0 Å². The Morgan fingerprint density at radius 1 is 1.13 bits per heavy atom. The lowest BCUT2D eigenvalue weighted by Gasteiger charge is -2.32. The third-order valence-corrected chi connectivity index (χ3v) is 4.99. The van der Waals surface area contributed by atoms with E-state index in [2.05, 4.69) is 27.4 Å². The normalized spacial score (nSPS) is 13.9. The van der Waals surface area contributed by atoms with Crippen LogP contribution in [-0.4, -0.2) is 18.9 Å². The van der Waals surface area contributed by atoms with Crippen molar-refractivity contribution in [3.05, 3.63) is 12.7 Å². The zero-order valence-corrected chi connectivity index (χ0v) is 11.4. The van der Waals surface area contributed by atoms with Crippen molar-refractivity contribution in [3.8, 4) is 0 Å². The summed E-state index contributed by atoms with van der Waals surface area (Å²) in [6, 6.07) is 0. The van der Waals surface area contributed by atoms with Gasteiger partial charge in [-0.15, -0.1) is 6.58 Å². The van der Waals surface area contributed by atoms with Gasteiger partial charge in [-0.3, -0.25) is 0 Å². The van der Waals surface area contributed by atoms with Gasteiger partial charge < -0.3 is 0 Å². The summed E-state index contributed by atoms with van der Waals surface area (Å²) in [5, 5.41) is 0. The smallest absolute Gasteiger partial charge is 0.155 e. The Morgan fingerprint density at radius 2 is 1.60 bits per heavy atom. The molecule has 0 rings (SSSR count). The quantitative estimate of drug-likeness (QED) is 0.682. The summed E-state index contributed by atoms with van der Waals surface area (Å²) in [4.78, 5) is 0. The number of allylic oxidation sites excluding steroid dienone is 1. The molecule has 0 saturated heterocycles. The first kappa shape index (κ1) is 14.7. The lowest BCUT2D eigenvalue weighted by atomic mass is 9.86. The second-order valence-electron chi connectivity index (χ2n) is 5.89. The molecular formula is C12H24O2S. The molecule has 0 bridgehead atoms. The van der Waals surface area contributed by atoms with E-state index in [4.69, 9.17) is 0 Å². The molecule has 0 aliphatic heterocycles. The lowest BCUT2D eigenvalue weighted by molar-refractivity contribution is 0.329. The van der Waals surface area contributed by atoms with Gasteiger partial charge >= 0.3 is 0 Å². The van der Waals surface area contributed by atoms with Crippen LogP contribution in [0.3, 0.4) is 0 Å². The molecule has 0 heterocycles. The highest BCUT2D eigenvalue weighted by molar-refractivity contribution is 7.92. The van der Waals surface area contributed by atoms with Crippen LogP contribution < -0.4 is 0 Å². The van der Waals surface area contributed by atoms with Gasteiger partial charge in [-0.05, 0) is 32.1 Å². The first-order valence-electron chi connectivity index (χ1n) is 5.35. The fraction of sp³-hybridized carbons (Fsp3) is 0.833. The van der Waals surface area contributed by atoms with Crippen LogP contribution in [-0.2, 0) is 9.84 Å². The summed E-state index contributed by atoms with van der Waals surface area (Å²) in [6.45, 7) is 13.4. The van der Waals surface area contributed by atoms with Crippen molar-refractivity contribution in [1.82, 2.24) is 0 Å². The molecule has 0 aromatic rings. The van der Waals surface area contributed by atoms with Gasteiger partial charge in [0.05, 0.1) is 10.5 Å². The van der Waals surface area contributed by atoms with E-state index in [0.29, 0.717) is 12.8 Å². The Balaban J connectivity index is 4.78. The molecule has 0 aliphatic carbocycles. The van der Waals surface area contributed by atoms with Crippen molar-refractivity contribution in [1.29, 1.82) is 0 Å². The van der Waals surface area contributed by atoms with Crippen LogP contribution in [0.1, 0.15) is 47.5 Å². The second kappa shape index (κ2) is 4.69. The van der Waals surface area contributed by atoms with Gasteiger partial charge in [-0.25, -0.2) is 8.42 Å². The Labute approximate surface area is 94.7 Å². The molecule has 90 valence electrons. The molecule has 0 saturated carbocycles. The fourth-order valence-corrected chi connectivity index (χ4v) is 3.58. The predicted molar refractivity (Wildman–Crippen MR) is 66.8 cm³/mol. The zero-order chi connectivity index (χ0) is 12.3. The molecule has 15 heavy (non-hydrogen) atoms. The van der Waals surface area contributed by atoms with Crippen LogP contribution in [0.25, 0.3) is 0 Å². The summed E-state index contributed by atoms with van der Waals surface area (Å²) in [6.07, 6.45) is 2.88. The molecule has 0 fully saturated rings. The highest BCUT2D eigenvalue weighted by atomic mass is 32.2. The van der Waals surface area contributed by atoms with Crippen LogP contribution in [0.4, 0.5) is 0 Å². The second-order valence-corrected chi connectivity index (χ2v) is 8.64. The number of hydrogen-bond donors (Lipinski definition) is 0. The Morgan fingerprint density at radius 3 is 1.93 bits per heavy atom. The molecule has 0 unspecified atom stereocenters.